The van der Waals surface area contributed by atoms with Gasteiger partial charge < -0.3 is 4.42 Å². The van der Waals surface area contributed by atoms with Crippen LogP contribution in [0.15, 0.2) is 10.8 Å². The van der Waals surface area contributed by atoms with E-state index in [1.807, 2.05) is 0 Å². The first-order valence-corrected chi connectivity index (χ1v) is 5.97. The van der Waals surface area contributed by atoms with Crippen molar-refractivity contribution in [3.63, 3.8) is 0 Å². The number of hydrogen-bond donors (Lipinski definition) is 0. The number of aromatic nitrogens is 1. The molecule has 0 amide bonds. The first kappa shape index (κ1) is 8.56. The Bertz CT molecular complexity index is 541. The van der Waals surface area contributed by atoms with Crippen molar-refractivity contribution in [1.82, 2.24) is 4.98 Å². The predicted octanol–water partition coefficient (Wildman–Crippen LogP) is 3.50. The molecular formula is C10H9NOS2. The van der Waals surface area contributed by atoms with Crippen LogP contribution in [0.3, 0.4) is 0 Å². The third-order valence-electron chi connectivity index (χ3n) is 2.69. The fourth-order valence-electron chi connectivity index (χ4n) is 2.03. The standard InChI is InChI=1S/C10H9NOS2/c13-10-8-6-3-1-2-4-7(6)14-9(8)11-5-12-10/h5H,1-4H2. The number of nitrogens with zero attached hydrogens (tertiary/aromatic N) is 1. The van der Waals surface area contributed by atoms with Crippen LogP contribution in [-0.4, -0.2) is 4.98 Å². The molecule has 72 valence electrons. The summed E-state index contributed by atoms with van der Waals surface area (Å²) in [5.74, 6) is 0. The third-order valence-corrected chi connectivity index (χ3v) is 4.19. The Morgan fingerprint density at radius 3 is 3.14 bits per heavy atom. The van der Waals surface area contributed by atoms with Gasteiger partial charge in [0.2, 0.25) is 4.71 Å². The minimum Gasteiger partial charge on any atom is -0.433 e. The number of fused-ring (bicyclic) bond motifs is 3. The summed E-state index contributed by atoms with van der Waals surface area (Å²) < 4.78 is 5.78. The maximum atomic E-state index is 5.19. The van der Waals surface area contributed by atoms with E-state index in [1.54, 1.807) is 11.3 Å². The second-order valence-corrected chi connectivity index (χ2v) is 4.99. The van der Waals surface area contributed by atoms with Crippen LogP contribution < -0.4 is 0 Å². The molecule has 0 bridgehead atoms. The Morgan fingerprint density at radius 1 is 1.36 bits per heavy atom. The van der Waals surface area contributed by atoms with Crippen molar-refractivity contribution in [3.05, 3.63) is 21.5 Å². The van der Waals surface area contributed by atoms with Crippen molar-refractivity contribution in [2.75, 3.05) is 0 Å². The van der Waals surface area contributed by atoms with Crippen molar-refractivity contribution >= 4 is 33.8 Å². The Labute approximate surface area is 90.6 Å². The molecule has 0 unspecified atom stereocenters. The van der Waals surface area contributed by atoms with Gasteiger partial charge in [-0.25, -0.2) is 4.98 Å². The molecule has 0 fully saturated rings. The molecule has 0 atom stereocenters. The molecule has 2 heterocycles. The fourth-order valence-corrected chi connectivity index (χ4v) is 3.58. The second kappa shape index (κ2) is 3.14. The molecule has 0 aromatic carbocycles. The lowest BCUT2D eigenvalue weighted by molar-refractivity contribution is 0.522. The van der Waals surface area contributed by atoms with Crippen molar-refractivity contribution in [2.24, 2.45) is 0 Å². The van der Waals surface area contributed by atoms with Gasteiger partial charge in [-0.1, -0.05) is 0 Å². The van der Waals surface area contributed by atoms with Crippen LogP contribution in [-0.2, 0) is 12.8 Å². The molecule has 2 aromatic heterocycles. The maximum absolute atomic E-state index is 5.19. The highest BCUT2D eigenvalue weighted by molar-refractivity contribution is 7.71. The average Bonchev–Trinajstić information content (AvgIpc) is 2.57. The number of aryl methyl sites for hydroxylation is 2. The number of hydrogen-bond acceptors (Lipinski definition) is 4. The molecule has 1 aliphatic carbocycles. The van der Waals surface area contributed by atoms with Gasteiger partial charge in [0.1, 0.15) is 4.83 Å². The highest BCUT2D eigenvalue weighted by Crippen LogP contribution is 2.35. The maximum Gasteiger partial charge on any atom is 0.202 e. The predicted molar refractivity (Wildman–Crippen MR) is 59.4 cm³/mol. The normalized spacial score (nSPS) is 15.7. The van der Waals surface area contributed by atoms with Crippen LogP contribution in [0.5, 0.6) is 0 Å². The van der Waals surface area contributed by atoms with Gasteiger partial charge in [-0.2, -0.15) is 0 Å². The lowest BCUT2D eigenvalue weighted by atomic mass is 9.98. The minimum atomic E-state index is 0.606. The van der Waals surface area contributed by atoms with Crippen LogP contribution in [0.4, 0.5) is 0 Å². The molecular weight excluding hydrogens is 214 g/mol. The van der Waals surface area contributed by atoms with Gasteiger partial charge in [0.05, 0.1) is 5.39 Å². The molecule has 2 aromatic rings. The number of rotatable bonds is 0. The largest absolute Gasteiger partial charge is 0.433 e. The van der Waals surface area contributed by atoms with Crippen molar-refractivity contribution in [2.45, 2.75) is 25.7 Å². The summed E-state index contributed by atoms with van der Waals surface area (Å²) in [5, 5.41) is 1.10. The summed E-state index contributed by atoms with van der Waals surface area (Å²) in [4.78, 5) is 6.75. The number of thiophene rings is 1. The topological polar surface area (TPSA) is 26.0 Å². The van der Waals surface area contributed by atoms with Gasteiger partial charge in [-0.3, -0.25) is 0 Å². The van der Waals surface area contributed by atoms with Crippen molar-refractivity contribution in [3.8, 4) is 0 Å². The van der Waals surface area contributed by atoms with E-state index in [1.165, 1.54) is 36.1 Å². The summed E-state index contributed by atoms with van der Waals surface area (Å²) in [5.41, 5.74) is 1.40. The summed E-state index contributed by atoms with van der Waals surface area (Å²) in [7, 11) is 0. The van der Waals surface area contributed by atoms with E-state index in [2.05, 4.69) is 4.98 Å². The van der Waals surface area contributed by atoms with E-state index in [-0.39, 0.29) is 0 Å². The molecule has 2 nitrogen and oxygen atoms in total. The lowest BCUT2D eigenvalue weighted by Gasteiger charge is -2.09. The second-order valence-electron chi connectivity index (χ2n) is 3.53. The van der Waals surface area contributed by atoms with E-state index < -0.39 is 0 Å². The molecule has 3 rings (SSSR count). The van der Waals surface area contributed by atoms with Crippen LogP contribution in [0, 0.1) is 4.71 Å². The highest BCUT2D eigenvalue weighted by Gasteiger charge is 2.17. The zero-order valence-corrected chi connectivity index (χ0v) is 9.21. The first-order chi connectivity index (χ1) is 6.86. The molecule has 1 aliphatic rings. The molecule has 0 saturated carbocycles. The molecule has 0 saturated heterocycles. The Balaban J connectivity index is 2.44. The quantitative estimate of drug-likeness (QED) is 0.639. The Morgan fingerprint density at radius 2 is 2.21 bits per heavy atom. The van der Waals surface area contributed by atoms with Gasteiger partial charge in [-0.05, 0) is 43.5 Å². The zero-order valence-electron chi connectivity index (χ0n) is 7.58. The molecule has 0 radical (unpaired) electrons. The van der Waals surface area contributed by atoms with Crippen molar-refractivity contribution < 1.29 is 4.42 Å². The SMILES string of the molecule is S=c1ocnc2sc3c(c12)CCCC3. The van der Waals surface area contributed by atoms with Gasteiger partial charge in [-0.15, -0.1) is 11.3 Å². The Hall–Kier alpha value is -0.740. The Kier molecular flexibility index (Phi) is 1.92. The van der Waals surface area contributed by atoms with Gasteiger partial charge in [0, 0.05) is 4.88 Å². The summed E-state index contributed by atoms with van der Waals surface area (Å²) in [6, 6.07) is 0. The van der Waals surface area contributed by atoms with Gasteiger partial charge in [0.25, 0.3) is 0 Å². The van der Waals surface area contributed by atoms with E-state index in [0.29, 0.717) is 4.71 Å². The fraction of sp³-hybridized carbons (Fsp3) is 0.400. The van der Waals surface area contributed by atoms with Gasteiger partial charge in [0.15, 0.2) is 6.39 Å². The van der Waals surface area contributed by atoms with E-state index in [0.717, 1.165) is 16.6 Å². The molecule has 0 N–H and O–H groups in total. The van der Waals surface area contributed by atoms with Crippen LogP contribution in [0.2, 0.25) is 0 Å². The summed E-state index contributed by atoms with van der Waals surface area (Å²) >= 11 is 6.97. The smallest absolute Gasteiger partial charge is 0.202 e. The lowest BCUT2D eigenvalue weighted by Crippen LogP contribution is -1.97. The molecule has 14 heavy (non-hydrogen) atoms. The third kappa shape index (κ3) is 1.14. The van der Waals surface area contributed by atoms with Crippen LogP contribution in [0.1, 0.15) is 23.3 Å². The van der Waals surface area contributed by atoms with Gasteiger partial charge >= 0.3 is 0 Å². The minimum absolute atomic E-state index is 0.606. The molecule has 0 aliphatic heterocycles. The summed E-state index contributed by atoms with van der Waals surface area (Å²) in [6.07, 6.45) is 6.34. The average molecular weight is 223 g/mol. The van der Waals surface area contributed by atoms with E-state index >= 15 is 0 Å². The highest BCUT2D eigenvalue weighted by atomic mass is 32.1. The summed E-state index contributed by atoms with van der Waals surface area (Å²) in [6.45, 7) is 0. The van der Waals surface area contributed by atoms with Crippen LogP contribution >= 0.6 is 23.6 Å². The zero-order chi connectivity index (χ0) is 9.54. The monoisotopic (exact) mass is 223 g/mol. The van der Waals surface area contributed by atoms with E-state index in [4.69, 9.17) is 16.6 Å². The first-order valence-electron chi connectivity index (χ1n) is 4.74. The molecule has 4 heteroatoms. The molecule has 0 spiro atoms. The van der Waals surface area contributed by atoms with Crippen molar-refractivity contribution in [1.29, 1.82) is 0 Å². The van der Waals surface area contributed by atoms with Crippen LogP contribution in [0.25, 0.3) is 10.2 Å². The van der Waals surface area contributed by atoms with E-state index in [9.17, 15) is 0 Å².